The molecule has 3 aromatic rings. The largest absolute Gasteiger partial charge is 0.382 e. The summed E-state index contributed by atoms with van der Waals surface area (Å²) in [7, 11) is 1.79. The maximum absolute atomic E-state index is 12.5. The number of carbonyl (C=O) groups excluding carboxylic acids is 1. The standard InChI is InChI=1S/C17H20N6O/c1-11-4-5-13(8-12(11)2)17(24)22(3)6-7-23-10-21-14-15(18)19-9-20-16(14)23/h4-5,8-10H,6-7H2,1-3H3,(H2,18,19,20). The van der Waals surface area contributed by atoms with Gasteiger partial charge >= 0.3 is 0 Å². The van der Waals surface area contributed by atoms with Crippen LogP contribution in [0, 0.1) is 13.8 Å². The van der Waals surface area contributed by atoms with Gasteiger partial charge < -0.3 is 15.2 Å². The first-order valence-electron chi connectivity index (χ1n) is 7.71. The lowest BCUT2D eigenvalue weighted by atomic mass is 10.1. The van der Waals surface area contributed by atoms with Crippen molar-refractivity contribution in [3.05, 3.63) is 47.5 Å². The van der Waals surface area contributed by atoms with Crippen molar-refractivity contribution in [3.8, 4) is 0 Å². The van der Waals surface area contributed by atoms with Gasteiger partial charge in [0.2, 0.25) is 0 Å². The lowest BCUT2D eigenvalue weighted by Gasteiger charge is -2.18. The van der Waals surface area contributed by atoms with E-state index in [0.717, 1.165) is 5.56 Å². The molecule has 0 saturated heterocycles. The zero-order valence-electron chi connectivity index (χ0n) is 14.0. The number of aryl methyl sites for hydroxylation is 2. The molecule has 7 nitrogen and oxygen atoms in total. The summed E-state index contributed by atoms with van der Waals surface area (Å²) in [5.74, 6) is 0.356. The summed E-state index contributed by atoms with van der Waals surface area (Å²) in [6.07, 6.45) is 3.09. The number of imidazole rings is 1. The lowest BCUT2D eigenvalue weighted by molar-refractivity contribution is 0.0790. The Balaban J connectivity index is 1.72. The number of hydrogen-bond acceptors (Lipinski definition) is 5. The third-order valence-electron chi connectivity index (χ3n) is 4.21. The van der Waals surface area contributed by atoms with E-state index in [1.54, 1.807) is 18.3 Å². The van der Waals surface area contributed by atoms with E-state index in [-0.39, 0.29) is 5.91 Å². The second-order valence-electron chi connectivity index (χ2n) is 5.89. The van der Waals surface area contributed by atoms with E-state index in [4.69, 9.17) is 5.73 Å². The topological polar surface area (TPSA) is 89.9 Å². The summed E-state index contributed by atoms with van der Waals surface area (Å²) >= 11 is 0. The molecule has 7 heteroatoms. The van der Waals surface area contributed by atoms with Gasteiger partial charge in [-0.2, -0.15) is 0 Å². The van der Waals surface area contributed by atoms with Crippen LogP contribution in [0.25, 0.3) is 11.2 Å². The van der Waals surface area contributed by atoms with Crippen LogP contribution >= 0.6 is 0 Å². The van der Waals surface area contributed by atoms with Crippen LogP contribution < -0.4 is 5.73 Å². The number of amides is 1. The first kappa shape index (κ1) is 15.9. The van der Waals surface area contributed by atoms with E-state index in [1.165, 1.54) is 11.9 Å². The third kappa shape index (κ3) is 2.92. The second kappa shape index (κ2) is 6.27. The predicted molar refractivity (Wildman–Crippen MR) is 92.6 cm³/mol. The maximum Gasteiger partial charge on any atom is 0.253 e. The lowest BCUT2D eigenvalue weighted by Crippen LogP contribution is -2.30. The van der Waals surface area contributed by atoms with Gasteiger partial charge in [-0.3, -0.25) is 4.79 Å². The minimum Gasteiger partial charge on any atom is -0.382 e. The average Bonchev–Trinajstić information content (AvgIpc) is 2.99. The average molecular weight is 324 g/mol. The predicted octanol–water partition coefficient (Wildman–Crippen LogP) is 1.80. The fourth-order valence-electron chi connectivity index (χ4n) is 2.52. The van der Waals surface area contributed by atoms with Gasteiger partial charge in [-0.15, -0.1) is 0 Å². The molecule has 0 aliphatic heterocycles. The molecule has 0 saturated carbocycles. The first-order valence-corrected chi connectivity index (χ1v) is 7.71. The van der Waals surface area contributed by atoms with Crippen LogP contribution in [0.2, 0.25) is 0 Å². The molecule has 24 heavy (non-hydrogen) atoms. The van der Waals surface area contributed by atoms with Gasteiger partial charge in [-0.1, -0.05) is 6.07 Å². The normalized spacial score (nSPS) is 11.0. The number of hydrogen-bond donors (Lipinski definition) is 1. The fourth-order valence-corrected chi connectivity index (χ4v) is 2.52. The van der Waals surface area contributed by atoms with Crippen molar-refractivity contribution in [1.29, 1.82) is 0 Å². The molecule has 0 aliphatic rings. The van der Waals surface area contributed by atoms with Gasteiger partial charge in [-0.25, -0.2) is 15.0 Å². The number of aromatic nitrogens is 4. The summed E-state index contributed by atoms with van der Waals surface area (Å²) in [5, 5.41) is 0. The van der Waals surface area contributed by atoms with Crippen LogP contribution in [0.4, 0.5) is 5.82 Å². The zero-order valence-corrected chi connectivity index (χ0v) is 14.0. The maximum atomic E-state index is 12.5. The van der Waals surface area contributed by atoms with Crippen molar-refractivity contribution in [2.75, 3.05) is 19.3 Å². The monoisotopic (exact) mass is 324 g/mol. The van der Waals surface area contributed by atoms with Crippen molar-refractivity contribution in [3.63, 3.8) is 0 Å². The van der Waals surface area contributed by atoms with Crippen LogP contribution in [0.3, 0.4) is 0 Å². The number of nitrogen functional groups attached to an aromatic ring is 1. The number of nitrogens with zero attached hydrogens (tertiary/aromatic N) is 5. The minimum atomic E-state index is -0.00309. The minimum absolute atomic E-state index is 0.00309. The number of rotatable bonds is 4. The van der Waals surface area contributed by atoms with Crippen molar-refractivity contribution in [1.82, 2.24) is 24.4 Å². The van der Waals surface area contributed by atoms with Crippen LogP contribution in [-0.4, -0.2) is 43.9 Å². The van der Waals surface area contributed by atoms with Crippen LogP contribution in [0.15, 0.2) is 30.9 Å². The van der Waals surface area contributed by atoms with Crippen molar-refractivity contribution in [2.45, 2.75) is 20.4 Å². The smallest absolute Gasteiger partial charge is 0.253 e. The Labute approximate surface area is 140 Å². The van der Waals surface area contributed by atoms with Gasteiger partial charge in [0.05, 0.1) is 6.33 Å². The molecule has 0 aliphatic carbocycles. The highest BCUT2D eigenvalue weighted by molar-refractivity contribution is 5.94. The zero-order chi connectivity index (χ0) is 17.3. The highest BCUT2D eigenvalue weighted by Gasteiger charge is 2.13. The third-order valence-corrected chi connectivity index (χ3v) is 4.21. The molecule has 0 radical (unpaired) electrons. The molecule has 0 fully saturated rings. The summed E-state index contributed by atoms with van der Waals surface area (Å²) < 4.78 is 1.87. The van der Waals surface area contributed by atoms with Gasteiger partial charge in [0.15, 0.2) is 11.5 Å². The fraction of sp³-hybridized carbons (Fsp3) is 0.294. The summed E-state index contributed by atoms with van der Waals surface area (Å²) in [6, 6.07) is 5.76. The number of carbonyl (C=O) groups is 1. The SMILES string of the molecule is Cc1ccc(C(=O)N(C)CCn2cnc3c(N)ncnc32)cc1C. The molecule has 0 atom stereocenters. The van der Waals surface area contributed by atoms with Crippen LogP contribution in [-0.2, 0) is 6.54 Å². The highest BCUT2D eigenvalue weighted by Crippen LogP contribution is 2.15. The molecular weight excluding hydrogens is 304 g/mol. The van der Waals surface area contributed by atoms with Gasteiger partial charge in [-0.05, 0) is 37.1 Å². The van der Waals surface area contributed by atoms with E-state index in [9.17, 15) is 4.79 Å². The number of fused-ring (bicyclic) bond motifs is 1. The van der Waals surface area contributed by atoms with Crippen molar-refractivity contribution in [2.24, 2.45) is 0 Å². The number of benzene rings is 1. The highest BCUT2D eigenvalue weighted by atomic mass is 16.2. The number of anilines is 1. The molecular formula is C17H20N6O. The summed E-state index contributed by atoms with van der Waals surface area (Å²) in [4.78, 5) is 26.6. The summed E-state index contributed by atoms with van der Waals surface area (Å²) in [5.41, 5.74) is 10.0. The summed E-state index contributed by atoms with van der Waals surface area (Å²) in [6.45, 7) is 5.17. The molecule has 1 amide bonds. The molecule has 0 spiro atoms. The Bertz CT molecular complexity index is 901. The van der Waals surface area contributed by atoms with Crippen LogP contribution in [0.5, 0.6) is 0 Å². The van der Waals surface area contributed by atoms with Crippen molar-refractivity contribution < 1.29 is 4.79 Å². The molecule has 0 unspecified atom stereocenters. The molecule has 2 heterocycles. The quantitative estimate of drug-likeness (QED) is 0.790. The van der Waals surface area contributed by atoms with E-state index in [0.29, 0.717) is 35.6 Å². The first-order chi connectivity index (χ1) is 11.5. The molecule has 3 rings (SSSR count). The number of nitrogens with two attached hydrogens (primary N) is 1. The molecule has 124 valence electrons. The Morgan fingerprint density at radius 1 is 1.21 bits per heavy atom. The molecule has 0 bridgehead atoms. The van der Waals surface area contributed by atoms with Gasteiger partial charge in [0.1, 0.15) is 11.8 Å². The van der Waals surface area contributed by atoms with E-state index < -0.39 is 0 Å². The van der Waals surface area contributed by atoms with Crippen molar-refractivity contribution >= 4 is 22.9 Å². The van der Waals surface area contributed by atoms with Gasteiger partial charge in [0.25, 0.3) is 5.91 Å². The molecule has 2 aromatic heterocycles. The second-order valence-corrected chi connectivity index (χ2v) is 5.89. The Hall–Kier alpha value is -2.96. The van der Waals surface area contributed by atoms with Gasteiger partial charge in [0, 0.05) is 25.7 Å². The Morgan fingerprint density at radius 3 is 2.75 bits per heavy atom. The Kier molecular flexibility index (Phi) is 4.16. The molecule has 1 aromatic carbocycles. The molecule has 2 N–H and O–H groups in total. The van der Waals surface area contributed by atoms with E-state index >= 15 is 0 Å². The Morgan fingerprint density at radius 2 is 2.00 bits per heavy atom. The van der Waals surface area contributed by atoms with E-state index in [2.05, 4.69) is 15.0 Å². The van der Waals surface area contributed by atoms with Crippen LogP contribution in [0.1, 0.15) is 21.5 Å². The van der Waals surface area contributed by atoms with E-state index in [1.807, 2.05) is 36.6 Å². The number of likely N-dealkylation sites (N-methyl/N-ethyl adjacent to an activating group) is 1.